The van der Waals surface area contributed by atoms with Crippen LogP contribution in [-0.2, 0) is 0 Å². The molecule has 0 aliphatic carbocycles. The van der Waals surface area contributed by atoms with Crippen molar-refractivity contribution >= 4 is 56.3 Å². The van der Waals surface area contributed by atoms with Crippen LogP contribution >= 0.6 is 34.5 Å². The molecule has 0 saturated heterocycles. The molecule has 2 aromatic heterocycles. The van der Waals surface area contributed by atoms with Gasteiger partial charge >= 0.3 is 0 Å². The van der Waals surface area contributed by atoms with E-state index in [9.17, 15) is 4.79 Å². The summed E-state index contributed by atoms with van der Waals surface area (Å²) in [5.74, 6) is 0.278. The molecule has 0 fully saturated rings. The van der Waals surface area contributed by atoms with Crippen molar-refractivity contribution in [3.63, 3.8) is 0 Å². The molecule has 0 radical (unpaired) electrons. The summed E-state index contributed by atoms with van der Waals surface area (Å²) in [5, 5.41) is 4.58. The normalized spacial score (nSPS) is 11.0. The summed E-state index contributed by atoms with van der Waals surface area (Å²) in [5.41, 5.74) is 3.06. The number of furan rings is 1. The summed E-state index contributed by atoms with van der Waals surface area (Å²) >= 11 is 13.9. The van der Waals surface area contributed by atoms with E-state index in [1.165, 1.54) is 0 Å². The first-order valence-electron chi connectivity index (χ1n) is 9.41. The van der Waals surface area contributed by atoms with Crippen molar-refractivity contribution < 1.29 is 9.21 Å². The highest BCUT2D eigenvalue weighted by atomic mass is 35.5. The number of hydrogen-bond acceptors (Lipinski definition) is 4. The summed E-state index contributed by atoms with van der Waals surface area (Å²) < 4.78 is 6.86. The van der Waals surface area contributed by atoms with E-state index in [0.29, 0.717) is 27.1 Å². The van der Waals surface area contributed by atoms with Crippen LogP contribution in [0.3, 0.4) is 0 Å². The predicted molar refractivity (Wildman–Crippen MR) is 127 cm³/mol. The number of para-hydroxylation sites is 2. The molecule has 2 heterocycles. The summed E-state index contributed by atoms with van der Waals surface area (Å²) in [6.07, 6.45) is 0. The third kappa shape index (κ3) is 3.83. The number of anilines is 1. The summed E-state index contributed by atoms with van der Waals surface area (Å²) in [4.78, 5) is 17.6. The van der Waals surface area contributed by atoms with Crippen LogP contribution in [-0.4, -0.2) is 10.9 Å². The minimum absolute atomic E-state index is 0.171. The van der Waals surface area contributed by atoms with Crippen LogP contribution in [0.1, 0.15) is 10.6 Å². The van der Waals surface area contributed by atoms with Gasteiger partial charge in [0.25, 0.3) is 5.91 Å². The summed E-state index contributed by atoms with van der Waals surface area (Å²) in [7, 11) is 0. The third-order valence-corrected chi connectivity index (χ3v) is 6.63. The maximum absolute atomic E-state index is 12.9. The summed E-state index contributed by atoms with van der Waals surface area (Å²) in [6, 6.07) is 24.1. The Morgan fingerprint density at radius 3 is 2.52 bits per heavy atom. The second-order valence-electron chi connectivity index (χ2n) is 6.75. The zero-order valence-corrected chi connectivity index (χ0v) is 18.3. The maximum Gasteiger partial charge on any atom is 0.291 e. The number of rotatable bonds is 4. The molecule has 0 atom stereocenters. The van der Waals surface area contributed by atoms with E-state index in [4.69, 9.17) is 32.6 Å². The zero-order chi connectivity index (χ0) is 21.4. The third-order valence-electron chi connectivity index (χ3n) is 4.75. The lowest BCUT2D eigenvalue weighted by atomic mass is 10.2. The van der Waals surface area contributed by atoms with E-state index in [2.05, 4.69) is 5.32 Å². The second kappa shape index (κ2) is 8.19. The molecule has 0 aliphatic rings. The number of carbonyl (C=O) groups excluding carboxylic acids is 1. The van der Waals surface area contributed by atoms with Crippen molar-refractivity contribution in [2.45, 2.75) is 0 Å². The highest BCUT2D eigenvalue weighted by molar-refractivity contribution is 7.21. The molecule has 0 aliphatic heterocycles. The Bertz CT molecular complexity index is 1390. The Balaban J connectivity index is 1.44. The first-order chi connectivity index (χ1) is 15.1. The molecule has 0 unspecified atom stereocenters. The minimum Gasteiger partial charge on any atom is -0.451 e. The lowest BCUT2D eigenvalue weighted by Crippen LogP contribution is -2.11. The molecule has 7 heteroatoms. The van der Waals surface area contributed by atoms with Gasteiger partial charge in [-0.25, -0.2) is 4.98 Å². The Labute approximate surface area is 192 Å². The van der Waals surface area contributed by atoms with Gasteiger partial charge in [-0.3, -0.25) is 4.79 Å². The van der Waals surface area contributed by atoms with Gasteiger partial charge in [-0.05, 0) is 48.5 Å². The lowest BCUT2D eigenvalue weighted by molar-refractivity contribution is 0.0997. The number of fused-ring (bicyclic) bond motifs is 1. The average Bonchev–Trinajstić information content (AvgIpc) is 3.43. The van der Waals surface area contributed by atoms with Gasteiger partial charge in [-0.15, -0.1) is 11.3 Å². The van der Waals surface area contributed by atoms with Crippen molar-refractivity contribution in [3.05, 3.63) is 94.7 Å². The highest BCUT2D eigenvalue weighted by Gasteiger charge is 2.17. The number of hydrogen-bond donors (Lipinski definition) is 1. The van der Waals surface area contributed by atoms with Crippen molar-refractivity contribution in [1.29, 1.82) is 0 Å². The van der Waals surface area contributed by atoms with Crippen LogP contribution in [0.15, 0.2) is 83.3 Å². The zero-order valence-electron chi connectivity index (χ0n) is 15.9. The molecule has 0 spiro atoms. The molecule has 5 rings (SSSR count). The van der Waals surface area contributed by atoms with E-state index in [1.807, 2.05) is 48.5 Å². The van der Waals surface area contributed by atoms with Gasteiger partial charge in [0, 0.05) is 11.1 Å². The monoisotopic (exact) mass is 464 g/mol. The molecule has 3 aromatic carbocycles. The van der Waals surface area contributed by atoms with Crippen LogP contribution in [0.25, 0.3) is 32.1 Å². The highest BCUT2D eigenvalue weighted by Crippen LogP contribution is 2.36. The minimum atomic E-state index is -0.363. The SMILES string of the molecule is O=C(Nc1ccccc1-c1nc2ccccc2s1)c1ccc(-c2cccc(Cl)c2Cl)o1. The van der Waals surface area contributed by atoms with Crippen LogP contribution < -0.4 is 5.32 Å². The van der Waals surface area contributed by atoms with Crippen LogP contribution in [0.2, 0.25) is 10.0 Å². The number of carbonyl (C=O) groups is 1. The fraction of sp³-hybridized carbons (Fsp3) is 0. The maximum atomic E-state index is 12.9. The standard InChI is InChI=1S/C24H14Cl2N2O2S/c25-16-8-5-7-15(22(16)26)19-12-13-20(30-19)23(29)27-17-9-2-1-6-14(17)24-28-18-10-3-4-11-21(18)31-24/h1-13H,(H,27,29). The van der Waals surface area contributed by atoms with Crippen LogP contribution in [0, 0.1) is 0 Å². The van der Waals surface area contributed by atoms with Crippen LogP contribution in [0.4, 0.5) is 5.69 Å². The molecule has 152 valence electrons. The van der Waals surface area contributed by atoms with Crippen molar-refractivity contribution in [2.75, 3.05) is 5.32 Å². The van der Waals surface area contributed by atoms with Gasteiger partial charge in [-0.2, -0.15) is 0 Å². The second-order valence-corrected chi connectivity index (χ2v) is 8.57. The molecule has 1 amide bonds. The van der Waals surface area contributed by atoms with E-state index in [1.54, 1.807) is 41.7 Å². The van der Waals surface area contributed by atoms with Gasteiger partial charge in [0.05, 0.1) is 25.9 Å². The topological polar surface area (TPSA) is 55.1 Å². The Morgan fingerprint density at radius 2 is 1.65 bits per heavy atom. The molecular weight excluding hydrogens is 451 g/mol. The Morgan fingerprint density at radius 1 is 0.871 bits per heavy atom. The molecule has 0 saturated carbocycles. The largest absolute Gasteiger partial charge is 0.451 e. The molecule has 0 bridgehead atoms. The number of amides is 1. The molecular formula is C24H14Cl2N2O2S. The van der Waals surface area contributed by atoms with E-state index < -0.39 is 0 Å². The molecule has 4 nitrogen and oxygen atoms in total. The van der Waals surface area contributed by atoms with Crippen LogP contribution in [0.5, 0.6) is 0 Å². The van der Waals surface area contributed by atoms with E-state index >= 15 is 0 Å². The summed E-state index contributed by atoms with van der Waals surface area (Å²) in [6.45, 7) is 0. The van der Waals surface area contributed by atoms with Gasteiger partial charge < -0.3 is 9.73 Å². The predicted octanol–water partition coefficient (Wildman–Crippen LogP) is 7.78. The quantitative estimate of drug-likeness (QED) is 0.295. The number of thiazole rings is 1. The van der Waals surface area contributed by atoms with Gasteiger partial charge in [0.1, 0.15) is 10.8 Å². The first kappa shape index (κ1) is 19.8. The number of nitrogens with one attached hydrogen (secondary N) is 1. The smallest absolute Gasteiger partial charge is 0.291 e. The van der Waals surface area contributed by atoms with E-state index in [-0.39, 0.29) is 11.7 Å². The Hall–Kier alpha value is -3.12. The number of halogens is 2. The van der Waals surface area contributed by atoms with Crippen molar-refractivity contribution in [2.24, 2.45) is 0 Å². The molecule has 31 heavy (non-hydrogen) atoms. The lowest BCUT2D eigenvalue weighted by Gasteiger charge is -2.08. The Kier molecular flexibility index (Phi) is 5.24. The number of nitrogens with zero attached hydrogens (tertiary/aromatic N) is 1. The average molecular weight is 465 g/mol. The fourth-order valence-corrected chi connectivity index (χ4v) is 4.65. The molecule has 5 aromatic rings. The molecule has 1 N–H and O–H groups in total. The van der Waals surface area contributed by atoms with Crippen molar-refractivity contribution in [1.82, 2.24) is 4.98 Å². The number of aromatic nitrogens is 1. The van der Waals surface area contributed by atoms with Gasteiger partial charge in [0.2, 0.25) is 0 Å². The fourth-order valence-electron chi connectivity index (χ4n) is 3.25. The van der Waals surface area contributed by atoms with E-state index in [0.717, 1.165) is 20.8 Å². The van der Waals surface area contributed by atoms with Gasteiger partial charge in [0.15, 0.2) is 5.76 Å². The number of benzene rings is 3. The van der Waals surface area contributed by atoms with Crippen molar-refractivity contribution in [3.8, 4) is 21.9 Å². The first-order valence-corrected chi connectivity index (χ1v) is 11.0. The van der Waals surface area contributed by atoms with Gasteiger partial charge in [-0.1, -0.05) is 53.5 Å².